The van der Waals surface area contributed by atoms with Gasteiger partial charge in [0, 0.05) is 26.3 Å². The Morgan fingerprint density at radius 2 is 1.85 bits per heavy atom. The molecule has 0 bridgehead atoms. The van der Waals surface area contributed by atoms with Gasteiger partial charge in [-0.05, 0) is 6.92 Å². The van der Waals surface area contributed by atoms with Crippen LogP contribution in [0.3, 0.4) is 0 Å². The summed E-state index contributed by atoms with van der Waals surface area (Å²) in [5.41, 5.74) is 0. The Bertz CT molecular complexity index is 328. The molecule has 0 N–H and O–H groups in total. The molecule has 8 heteroatoms. The highest BCUT2D eigenvalue weighted by atomic mass is 28.4. The molecule has 1 atom stereocenters. The number of carbonyl (C=O) groups excluding carboxylic acids is 2. The second-order valence-corrected chi connectivity index (χ2v) is 6.60. The van der Waals surface area contributed by atoms with Gasteiger partial charge < -0.3 is 22.8 Å². The van der Waals surface area contributed by atoms with Crippen LogP contribution in [-0.4, -0.2) is 47.9 Å². The fourth-order valence-corrected chi connectivity index (χ4v) is 3.36. The lowest BCUT2D eigenvalue weighted by molar-refractivity contribution is -0.189. The third-order valence-electron chi connectivity index (χ3n) is 2.33. The normalized spacial score (nSPS) is 12.6. The van der Waals surface area contributed by atoms with E-state index in [-0.39, 0.29) is 6.61 Å². The monoisotopic (exact) mass is 306 g/mol. The Balaban J connectivity index is 5.04. The van der Waals surface area contributed by atoms with Gasteiger partial charge in [-0.3, -0.25) is 0 Å². The first-order chi connectivity index (χ1) is 9.48. The quantitative estimate of drug-likeness (QED) is 0.260. The number of rotatable bonds is 10. The average Bonchev–Trinajstić information content (AvgIpc) is 2.45. The fourth-order valence-electron chi connectivity index (χ4n) is 1.40. The van der Waals surface area contributed by atoms with Crippen LogP contribution in [0.15, 0.2) is 12.7 Å². The van der Waals surface area contributed by atoms with Crippen LogP contribution in [0, 0.1) is 0 Å². The maximum atomic E-state index is 11.8. The van der Waals surface area contributed by atoms with Gasteiger partial charge in [-0.15, -0.1) is 0 Å². The molecule has 0 heterocycles. The van der Waals surface area contributed by atoms with Gasteiger partial charge in [-0.1, -0.05) is 19.9 Å². The molecule has 0 amide bonds. The average molecular weight is 306 g/mol. The molecule has 0 aliphatic heterocycles. The molecular weight excluding hydrogens is 284 g/mol. The minimum Gasteiger partial charge on any atom is -0.461 e. The number of hydrogen-bond donors (Lipinski definition) is 0. The minimum atomic E-state index is -3.09. The van der Waals surface area contributed by atoms with Gasteiger partial charge in [0.25, 0.3) is 6.29 Å². The zero-order valence-corrected chi connectivity index (χ0v) is 13.3. The molecule has 0 aromatic rings. The Kier molecular flexibility index (Phi) is 9.05. The van der Waals surface area contributed by atoms with E-state index >= 15 is 0 Å². The van der Waals surface area contributed by atoms with Crippen molar-refractivity contribution in [2.24, 2.45) is 0 Å². The predicted molar refractivity (Wildman–Crippen MR) is 72.7 cm³/mol. The van der Waals surface area contributed by atoms with E-state index in [1.807, 2.05) is 6.92 Å². The van der Waals surface area contributed by atoms with Crippen molar-refractivity contribution < 1.29 is 32.3 Å². The van der Waals surface area contributed by atoms with E-state index in [0.717, 1.165) is 12.5 Å². The maximum Gasteiger partial charge on any atom is 0.503 e. The summed E-state index contributed by atoms with van der Waals surface area (Å²) >= 11 is 0. The van der Waals surface area contributed by atoms with Crippen molar-refractivity contribution >= 4 is 20.7 Å². The second kappa shape index (κ2) is 9.64. The summed E-state index contributed by atoms with van der Waals surface area (Å²) in [6, 6.07) is 0.474. The Morgan fingerprint density at radius 1 is 1.25 bits per heavy atom. The Labute approximate surface area is 120 Å². The summed E-state index contributed by atoms with van der Waals surface area (Å²) in [7, 11) is -0.251. The van der Waals surface area contributed by atoms with Crippen molar-refractivity contribution in [2.75, 3.05) is 20.8 Å². The molecule has 0 rings (SSSR count). The van der Waals surface area contributed by atoms with Crippen LogP contribution in [0.25, 0.3) is 0 Å². The maximum absolute atomic E-state index is 11.8. The van der Waals surface area contributed by atoms with Crippen LogP contribution in [0.1, 0.15) is 20.3 Å². The number of carbonyl (C=O) groups is 2. The molecule has 1 unspecified atom stereocenters. The fraction of sp³-hybridized carbons (Fsp3) is 0.667. The molecule has 0 saturated heterocycles. The van der Waals surface area contributed by atoms with Gasteiger partial charge in [-0.25, -0.2) is 9.59 Å². The van der Waals surface area contributed by atoms with E-state index in [0.29, 0.717) is 6.04 Å². The van der Waals surface area contributed by atoms with Crippen molar-refractivity contribution in [2.45, 2.75) is 32.6 Å². The van der Waals surface area contributed by atoms with E-state index in [1.165, 1.54) is 14.2 Å². The summed E-state index contributed by atoms with van der Waals surface area (Å²) in [4.78, 5) is 23.0. The van der Waals surface area contributed by atoms with E-state index in [9.17, 15) is 9.59 Å². The molecule has 0 aromatic carbocycles. The van der Waals surface area contributed by atoms with Crippen molar-refractivity contribution in [3.8, 4) is 0 Å². The van der Waals surface area contributed by atoms with Crippen LogP contribution < -0.4 is 0 Å². The zero-order chi connectivity index (χ0) is 15.6. The van der Waals surface area contributed by atoms with E-state index < -0.39 is 27.0 Å². The van der Waals surface area contributed by atoms with Crippen LogP contribution in [0.4, 0.5) is 0 Å². The van der Waals surface area contributed by atoms with Crippen molar-refractivity contribution in [1.82, 2.24) is 0 Å². The molecule has 0 saturated carbocycles. The predicted octanol–water partition coefficient (Wildman–Crippen LogP) is 1.26. The standard InChI is InChI=1S/C12H22O7Si/c1-6-9-20(15-4,16-5)19-12(11(14)17-8-3)18-10(13)7-2/h7,12H,2,6,8-9H2,1,3-5H3. The van der Waals surface area contributed by atoms with E-state index in [4.69, 9.17) is 22.8 Å². The van der Waals surface area contributed by atoms with Crippen molar-refractivity contribution in [3.05, 3.63) is 12.7 Å². The third kappa shape index (κ3) is 5.82. The largest absolute Gasteiger partial charge is 0.503 e. The van der Waals surface area contributed by atoms with E-state index in [2.05, 4.69) is 6.58 Å². The third-order valence-corrected chi connectivity index (χ3v) is 5.26. The van der Waals surface area contributed by atoms with Gasteiger partial charge in [-0.2, -0.15) is 0 Å². The van der Waals surface area contributed by atoms with Crippen molar-refractivity contribution in [1.29, 1.82) is 0 Å². The first-order valence-corrected chi connectivity index (χ1v) is 8.19. The van der Waals surface area contributed by atoms with Gasteiger partial charge in [0.2, 0.25) is 0 Å². The highest BCUT2D eigenvalue weighted by molar-refractivity contribution is 6.60. The van der Waals surface area contributed by atoms with Crippen LogP contribution in [0.2, 0.25) is 6.04 Å². The van der Waals surface area contributed by atoms with E-state index in [1.54, 1.807) is 6.92 Å². The molecule has 0 radical (unpaired) electrons. The first kappa shape index (κ1) is 18.8. The molecule has 0 spiro atoms. The lowest BCUT2D eigenvalue weighted by Crippen LogP contribution is -2.50. The molecule has 0 aliphatic rings. The second-order valence-electron chi connectivity index (χ2n) is 3.68. The lowest BCUT2D eigenvalue weighted by atomic mass is 10.6. The highest BCUT2D eigenvalue weighted by Gasteiger charge is 2.44. The summed E-state index contributed by atoms with van der Waals surface area (Å²) in [6.45, 7) is 6.94. The van der Waals surface area contributed by atoms with Crippen molar-refractivity contribution in [3.63, 3.8) is 0 Å². The van der Waals surface area contributed by atoms with Gasteiger partial charge in [0.05, 0.1) is 6.61 Å². The number of hydrogen-bond acceptors (Lipinski definition) is 7. The summed E-state index contributed by atoms with van der Waals surface area (Å²) in [5, 5.41) is 0. The van der Waals surface area contributed by atoms with Gasteiger partial charge in [0.1, 0.15) is 0 Å². The molecule has 0 aromatic heterocycles. The van der Waals surface area contributed by atoms with Gasteiger partial charge in [0.15, 0.2) is 0 Å². The molecular formula is C12H22O7Si. The summed E-state index contributed by atoms with van der Waals surface area (Å²) in [6.07, 6.45) is 0.121. The topological polar surface area (TPSA) is 80.3 Å². The molecule has 20 heavy (non-hydrogen) atoms. The molecule has 7 nitrogen and oxygen atoms in total. The zero-order valence-electron chi connectivity index (χ0n) is 12.3. The minimum absolute atomic E-state index is 0.132. The van der Waals surface area contributed by atoms with Crippen LogP contribution >= 0.6 is 0 Å². The number of esters is 2. The highest BCUT2D eigenvalue weighted by Crippen LogP contribution is 2.19. The summed E-state index contributed by atoms with van der Waals surface area (Å²) in [5.74, 6) is -1.61. The molecule has 116 valence electrons. The lowest BCUT2D eigenvalue weighted by Gasteiger charge is -2.29. The first-order valence-electron chi connectivity index (χ1n) is 6.26. The smallest absolute Gasteiger partial charge is 0.461 e. The molecule has 0 fully saturated rings. The Morgan fingerprint density at radius 3 is 2.25 bits per heavy atom. The molecule has 0 aliphatic carbocycles. The van der Waals surface area contributed by atoms with Gasteiger partial charge >= 0.3 is 20.7 Å². The summed E-state index contributed by atoms with van der Waals surface area (Å²) < 4.78 is 25.7. The van der Waals surface area contributed by atoms with Crippen LogP contribution in [-0.2, 0) is 32.3 Å². The Hall–Kier alpha value is -1.22. The SMILES string of the molecule is C=CC(=O)OC(O[Si](CCC)(OC)OC)C(=O)OCC. The van der Waals surface area contributed by atoms with Crippen LogP contribution in [0.5, 0.6) is 0 Å². The number of ether oxygens (including phenoxy) is 2.